The number of aromatic nitrogens is 1. The average Bonchev–Trinajstić information content (AvgIpc) is 2.76. The number of anilines is 1. The van der Waals surface area contributed by atoms with Gasteiger partial charge in [0.15, 0.2) is 6.61 Å². The lowest BCUT2D eigenvalue weighted by Gasteiger charge is -2.29. The molecule has 8 nitrogen and oxygen atoms in total. The van der Waals surface area contributed by atoms with E-state index in [1.54, 1.807) is 13.0 Å². The summed E-state index contributed by atoms with van der Waals surface area (Å²) >= 11 is 0. The average molecular weight is 419 g/mol. The van der Waals surface area contributed by atoms with Crippen LogP contribution < -0.4 is 4.90 Å². The number of non-ortho nitro benzene ring substituents is 1. The fourth-order valence-corrected chi connectivity index (χ4v) is 4.07. The van der Waals surface area contributed by atoms with Crippen molar-refractivity contribution in [3.63, 3.8) is 0 Å². The van der Waals surface area contributed by atoms with Gasteiger partial charge < -0.3 is 9.64 Å². The number of fused-ring (bicyclic) bond motifs is 2. The highest BCUT2D eigenvalue weighted by Crippen LogP contribution is 2.30. The minimum atomic E-state index is -0.595. The maximum Gasteiger partial charge on any atom is 0.340 e. The number of carbonyl (C=O) groups is 2. The van der Waals surface area contributed by atoms with E-state index in [0.717, 1.165) is 22.0 Å². The maximum atomic E-state index is 12.8. The van der Waals surface area contributed by atoms with Crippen LogP contribution in [-0.4, -0.2) is 34.9 Å². The van der Waals surface area contributed by atoms with Gasteiger partial charge in [-0.2, -0.15) is 0 Å². The number of esters is 1. The molecule has 0 saturated carbocycles. The van der Waals surface area contributed by atoms with Gasteiger partial charge in [-0.3, -0.25) is 19.9 Å². The first-order valence-corrected chi connectivity index (χ1v) is 9.97. The molecule has 0 fully saturated rings. The number of benzene rings is 2. The van der Waals surface area contributed by atoms with E-state index >= 15 is 0 Å². The minimum absolute atomic E-state index is 0.00534. The molecule has 158 valence electrons. The topological polar surface area (TPSA) is 103 Å². The third kappa shape index (κ3) is 3.84. The van der Waals surface area contributed by atoms with Crippen LogP contribution in [0.25, 0.3) is 10.9 Å². The van der Waals surface area contributed by atoms with Crippen molar-refractivity contribution in [2.75, 3.05) is 18.1 Å². The Morgan fingerprint density at radius 3 is 2.74 bits per heavy atom. The van der Waals surface area contributed by atoms with Gasteiger partial charge >= 0.3 is 5.97 Å². The Morgan fingerprint density at radius 1 is 1.19 bits per heavy atom. The molecule has 0 atom stereocenters. The number of hydrogen-bond donors (Lipinski definition) is 0. The summed E-state index contributed by atoms with van der Waals surface area (Å²) in [6, 6.07) is 12.0. The molecule has 1 aliphatic rings. The predicted molar refractivity (Wildman–Crippen MR) is 115 cm³/mol. The number of hydrogen-bond acceptors (Lipinski definition) is 6. The smallest absolute Gasteiger partial charge is 0.340 e. The first kappa shape index (κ1) is 20.5. The number of aryl methyl sites for hydroxylation is 3. The first-order chi connectivity index (χ1) is 14.9. The van der Waals surface area contributed by atoms with Crippen LogP contribution in [0.5, 0.6) is 0 Å². The molecule has 1 aliphatic heterocycles. The van der Waals surface area contributed by atoms with Crippen LogP contribution >= 0.6 is 0 Å². The van der Waals surface area contributed by atoms with Crippen LogP contribution in [0.15, 0.2) is 42.5 Å². The van der Waals surface area contributed by atoms with E-state index in [1.165, 1.54) is 17.0 Å². The number of para-hydroxylation sites is 1. The third-order valence-corrected chi connectivity index (χ3v) is 5.56. The fraction of sp³-hybridized carbons (Fsp3) is 0.261. The molecule has 1 aromatic heterocycles. The molecular weight excluding hydrogens is 398 g/mol. The van der Waals surface area contributed by atoms with Crippen LogP contribution in [0, 0.1) is 24.0 Å². The Hall–Kier alpha value is -3.81. The van der Waals surface area contributed by atoms with Gasteiger partial charge in [-0.1, -0.05) is 18.2 Å². The van der Waals surface area contributed by atoms with E-state index in [9.17, 15) is 19.7 Å². The van der Waals surface area contributed by atoms with Crippen molar-refractivity contribution in [3.05, 3.63) is 75.0 Å². The zero-order chi connectivity index (χ0) is 22.1. The number of carbonyl (C=O) groups excluding carboxylic acids is 2. The Bertz CT molecular complexity index is 1220. The van der Waals surface area contributed by atoms with Gasteiger partial charge in [-0.15, -0.1) is 0 Å². The zero-order valence-corrected chi connectivity index (χ0v) is 17.3. The molecule has 0 aliphatic carbocycles. The van der Waals surface area contributed by atoms with E-state index < -0.39 is 17.5 Å². The number of nitro benzene ring substituents is 1. The number of rotatable bonds is 4. The molecule has 0 radical (unpaired) electrons. The van der Waals surface area contributed by atoms with Crippen LogP contribution in [0.2, 0.25) is 0 Å². The Kier molecular flexibility index (Phi) is 5.37. The molecule has 31 heavy (non-hydrogen) atoms. The maximum absolute atomic E-state index is 12.8. The monoisotopic (exact) mass is 419 g/mol. The van der Waals surface area contributed by atoms with Crippen LogP contribution in [0.3, 0.4) is 0 Å². The molecule has 0 unspecified atom stereocenters. The summed E-state index contributed by atoms with van der Waals surface area (Å²) < 4.78 is 5.35. The molecule has 0 spiro atoms. The number of amides is 1. The lowest BCUT2D eigenvalue weighted by Crippen LogP contribution is -2.38. The number of nitrogens with zero attached hydrogens (tertiary/aromatic N) is 3. The van der Waals surface area contributed by atoms with E-state index in [-0.39, 0.29) is 11.6 Å². The molecule has 0 bridgehead atoms. The van der Waals surface area contributed by atoms with Gasteiger partial charge in [0.2, 0.25) is 0 Å². The van der Waals surface area contributed by atoms with Crippen molar-refractivity contribution in [1.82, 2.24) is 4.98 Å². The molecule has 3 aromatic rings. The molecule has 0 N–H and O–H groups in total. The van der Waals surface area contributed by atoms with Gasteiger partial charge in [0.1, 0.15) is 0 Å². The van der Waals surface area contributed by atoms with E-state index in [2.05, 4.69) is 4.98 Å². The Balaban J connectivity index is 1.52. The number of ether oxygens (including phenoxy) is 1. The Labute approximate surface area is 178 Å². The summed E-state index contributed by atoms with van der Waals surface area (Å²) in [6.45, 7) is 3.63. The van der Waals surface area contributed by atoms with Crippen molar-refractivity contribution >= 4 is 34.2 Å². The van der Waals surface area contributed by atoms with Gasteiger partial charge in [-0.25, -0.2) is 4.79 Å². The second kappa shape index (κ2) is 8.14. The van der Waals surface area contributed by atoms with Crippen LogP contribution in [-0.2, 0) is 16.0 Å². The summed E-state index contributed by atoms with van der Waals surface area (Å²) in [5.74, 6) is -0.963. The minimum Gasteiger partial charge on any atom is -0.452 e. The van der Waals surface area contributed by atoms with E-state index in [0.29, 0.717) is 36.3 Å². The quantitative estimate of drug-likeness (QED) is 0.361. The van der Waals surface area contributed by atoms with Crippen molar-refractivity contribution in [3.8, 4) is 0 Å². The van der Waals surface area contributed by atoms with Gasteiger partial charge in [0.25, 0.3) is 11.6 Å². The first-order valence-electron chi connectivity index (χ1n) is 9.97. The summed E-state index contributed by atoms with van der Waals surface area (Å²) in [5.41, 5.74) is 3.82. The summed E-state index contributed by atoms with van der Waals surface area (Å²) in [4.78, 5) is 42.1. The van der Waals surface area contributed by atoms with Crippen LogP contribution in [0.1, 0.15) is 33.6 Å². The molecule has 0 saturated heterocycles. The second-order valence-corrected chi connectivity index (χ2v) is 7.51. The molecule has 2 aromatic carbocycles. The second-order valence-electron chi connectivity index (χ2n) is 7.51. The van der Waals surface area contributed by atoms with Crippen molar-refractivity contribution < 1.29 is 19.2 Å². The highest BCUT2D eigenvalue weighted by molar-refractivity contribution is 6.01. The van der Waals surface area contributed by atoms with Gasteiger partial charge in [-0.05, 0) is 49.9 Å². The van der Waals surface area contributed by atoms with Crippen molar-refractivity contribution in [2.24, 2.45) is 0 Å². The number of pyridine rings is 1. The fourth-order valence-electron chi connectivity index (χ4n) is 4.07. The van der Waals surface area contributed by atoms with Crippen molar-refractivity contribution in [1.29, 1.82) is 0 Å². The van der Waals surface area contributed by atoms with Gasteiger partial charge in [0.05, 0.1) is 21.7 Å². The van der Waals surface area contributed by atoms with Crippen molar-refractivity contribution in [2.45, 2.75) is 26.7 Å². The lowest BCUT2D eigenvalue weighted by atomic mass is 10.0. The SMILES string of the molecule is Cc1nc2ccccc2c(C)c1C(=O)OCC(=O)N1CCCc2cc([N+](=O)[O-])ccc21. The molecular formula is C23H21N3O5. The summed E-state index contributed by atoms with van der Waals surface area (Å²) in [6.07, 6.45) is 1.34. The number of nitro groups is 1. The summed E-state index contributed by atoms with van der Waals surface area (Å²) in [7, 11) is 0. The highest BCUT2D eigenvalue weighted by Gasteiger charge is 2.26. The third-order valence-electron chi connectivity index (χ3n) is 5.56. The Morgan fingerprint density at radius 2 is 1.97 bits per heavy atom. The van der Waals surface area contributed by atoms with Crippen LogP contribution in [0.4, 0.5) is 11.4 Å². The highest BCUT2D eigenvalue weighted by atomic mass is 16.6. The zero-order valence-electron chi connectivity index (χ0n) is 17.3. The molecule has 1 amide bonds. The lowest BCUT2D eigenvalue weighted by molar-refractivity contribution is -0.384. The van der Waals surface area contributed by atoms with E-state index in [4.69, 9.17) is 4.74 Å². The standard InChI is InChI=1S/C23H21N3O5/c1-14-18-7-3-4-8-19(18)24-15(2)22(14)23(28)31-13-21(27)25-11-5-6-16-12-17(26(29)30)9-10-20(16)25/h3-4,7-10,12H,5-6,11,13H2,1-2H3. The van der Waals surface area contributed by atoms with E-state index in [1.807, 2.05) is 31.2 Å². The summed E-state index contributed by atoms with van der Waals surface area (Å²) in [5, 5.41) is 11.9. The molecule has 8 heteroatoms. The van der Waals surface area contributed by atoms with Gasteiger partial charge in [0, 0.05) is 29.8 Å². The predicted octanol–water partition coefficient (Wildman–Crippen LogP) is 3.90. The molecule has 4 rings (SSSR count). The normalized spacial score (nSPS) is 13.0. The molecule has 2 heterocycles. The largest absolute Gasteiger partial charge is 0.452 e.